The van der Waals surface area contributed by atoms with Crippen molar-refractivity contribution in [3.05, 3.63) is 29.8 Å². The third kappa shape index (κ3) is 4.02. The number of aliphatic hydroxyl groups excluding tert-OH is 1. The van der Waals surface area contributed by atoms with Crippen LogP contribution < -0.4 is 10.6 Å². The van der Waals surface area contributed by atoms with E-state index in [1.165, 1.54) is 5.69 Å². The molecule has 0 unspecified atom stereocenters. The highest BCUT2D eigenvalue weighted by Gasteiger charge is 2.10. The molecular formula is C14H24N2O. The van der Waals surface area contributed by atoms with Gasteiger partial charge in [-0.1, -0.05) is 12.1 Å². The van der Waals surface area contributed by atoms with Crippen molar-refractivity contribution in [1.82, 2.24) is 0 Å². The Kier molecular flexibility index (Phi) is 5.45. The van der Waals surface area contributed by atoms with E-state index < -0.39 is 0 Å². The third-order valence-corrected chi connectivity index (χ3v) is 2.93. The number of nitrogens with zero attached hydrogens (tertiary/aromatic N) is 1. The van der Waals surface area contributed by atoms with Crippen LogP contribution in [0.1, 0.15) is 38.8 Å². The first kappa shape index (κ1) is 14.0. The van der Waals surface area contributed by atoms with E-state index in [1.807, 2.05) is 6.92 Å². The summed E-state index contributed by atoms with van der Waals surface area (Å²) in [7, 11) is 0. The Bertz CT molecular complexity index is 319. The molecule has 3 heteroatoms. The minimum atomic E-state index is 0.0778. The number of rotatable bonds is 6. The Hall–Kier alpha value is -1.06. The average molecular weight is 236 g/mol. The van der Waals surface area contributed by atoms with E-state index in [4.69, 9.17) is 10.8 Å². The summed E-state index contributed by atoms with van der Waals surface area (Å²) in [5, 5.41) is 8.92. The number of anilines is 1. The monoisotopic (exact) mass is 236 g/mol. The molecule has 0 spiro atoms. The quantitative estimate of drug-likeness (QED) is 0.797. The van der Waals surface area contributed by atoms with Gasteiger partial charge in [-0.25, -0.2) is 0 Å². The normalized spacial score (nSPS) is 12.8. The molecule has 1 atom stereocenters. The smallest absolute Gasteiger partial charge is 0.0447 e. The Labute approximate surface area is 104 Å². The van der Waals surface area contributed by atoms with E-state index in [0.29, 0.717) is 6.04 Å². The Morgan fingerprint density at radius 3 is 2.18 bits per heavy atom. The van der Waals surface area contributed by atoms with E-state index >= 15 is 0 Å². The molecule has 0 radical (unpaired) electrons. The first-order valence-electron chi connectivity index (χ1n) is 6.29. The van der Waals surface area contributed by atoms with Gasteiger partial charge in [0.2, 0.25) is 0 Å². The van der Waals surface area contributed by atoms with E-state index in [-0.39, 0.29) is 12.6 Å². The second-order valence-corrected chi connectivity index (χ2v) is 4.74. The summed E-state index contributed by atoms with van der Waals surface area (Å²) >= 11 is 0. The molecular weight excluding hydrogens is 212 g/mol. The van der Waals surface area contributed by atoms with Gasteiger partial charge in [-0.15, -0.1) is 0 Å². The van der Waals surface area contributed by atoms with Crippen molar-refractivity contribution in [2.24, 2.45) is 5.73 Å². The average Bonchev–Trinajstić information content (AvgIpc) is 2.29. The van der Waals surface area contributed by atoms with Crippen molar-refractivity contribution in [3.63, 3.8) is 0 Å². The van der Waals surface area contributed by atoms with Crippen LogP contribution in [0, 0.1) is 0 Å². The number of aliphatic hydroxyl groups is 1. The van der Waals surface area contributed by atoms with Crippen molar-refractivity contribution in [3.8, 4) is 0 Å². The molecule has 1 aromatic rings. The van der Waals surface area contributed by atoms with Crippen molar-refractivity contribution in [2.45, 2.75) is 39.3 Å². The molecule has 0 aliphatic carbocycles. The first-order chi connectivity index (χ1) is 8.06. The number of nitrogens with two attached hydrogens (primary N) is 1. The fourth-order valence-corrected chi connectivity index (χ4v) is 1.90. The minimum absolute atomic E-state index is 0.0778. The Morgan fingerprint density at radius 2 is 1.76 bits per heavy atom. The van der Waals surface area contributed by atoms with Crippen molar-refractivity contribution in [1.29, 1.82) is 0 Å². The van der Waals surface area contributed by atoms with Crippen LogP contribution in [0.2, 0.25) is 0 Å². The summed E-state index contributed by atoms with van der Waals surface area (Å²) in [6.07, 6.45) is 0.799. The highest BCUT2D eigenvalue weighted by Crippen LogP contribution is 2.20. The molecule has 0 bridgehead atoms. The second kappa shape index (κ2) is 6.62. The summed E-state index contributed by atoms with van der Waals surface area (Å²) in [6.45, 7) is 7.43. The van der Waals surface area contributed by atoms with Crippen LogP contribution in [0.4, 0.5) is 5.69 Å². The van der Waals surface area contributed by atoms with Crippen molar-refractivity contribution < 1.29 is 5.11 Å². The van der Waals surface area contributed by atoms with Crippen molar-refractivity contribution >= 4 is 5.69 Å². The molecule has 0 heterocycles. The summed E-state index contributed by atoms with van der Waals surface area (Å²) < 4.78 is 0. The molecule has 0 saturated carbocycles. The zero-order valence-electron chi connectivity index (χ0n) is 11.1. The summed E-state index contributed by atoms with van der Waals surface area (Å²) in [5.74, 6) is 0. The fourth-order valence-electron chi connectivity index (χ4n) is 1.90. The van der Waals surface area contributed by atoms with E-state index in [0.717, 1.165) is 18.5 Å². The molecule has 0 fully saturated rings. The largest absolute Gasteiger partial charge is 0.396 e. The number of hydrogen-bond donors (Lipinski definition) is 2. The van der Waals surface area contributed by atoms with Crippen LogP contribution in [0.3, 0.4) is 0 Å². The molecule has 0 aromatic heterocycles. The van der Waals surface area contributed by atoms with Crippen LogP contribution in [-0.4, -0.2) is 24.3 Å². The predicted molar refractivity (Wildman–Crippen MR) is 73.2 cm³/mol. The van der Waals surface area contributed by atoms with Crippen LogP contribution in [0.15, 0.2) is 24.3 Å². The van der Waals surface area contributed by atoms with Gasteiger partial charge in [-0.2, -0.15) is 0 Å². The molecule has 0 aliphatic rings. The van der Waals surface area contributed by atoms with Gasteiger partial charge >= 0.3 is 0 Å². The van der Waals surface area contributed by atoms with Crippen LogP contribution in [-0.2, 0) is 0 Å². The van der Waals surface area contributed by atoms with Gasteiger partial charge in [-0.05, 0) is 44.9 Å². The van der Waals surface area contributed by atoms with Gasteiger partial charge in [0.05, 0.1) is 0 Å². The topological polar surface area (TPSA) is 49.5 Å². The van der Waals surface area contributed by atoms with Gasteiger partial charge in [0.25, 0.3) is 0 Å². The molecule has 0 aliphatic heterocycles. The molecule has 3 nitrogen and oxygen atoms in total. The summed E-state index contributed by atoms with van der Waals surface area (Å²) in [4.78, 5) is 2.29. The van der Waals surface area contributed by atoms with E-state index in [1.54, 1.807) is 0 Å². The van der Waals surface area contributed by atoms with E-state index in [2.05, 4.69) is 43.0 Å². The molecule has 1 aromatic carbocycles. The van der Waals surface area contributed by atoms with Gasteiger partial charge in [-0.3, -0.25) is 0 Å². The van der Waals surface area contributed by atoms with E-state index in [9.17, 15) is 0 Å². The fraction of sp³-hybridized carbons (Fsp3) is 0.571. The van der Waals surface area contributed by atoms with Crippen LogP contribution in [0.25, 0.3) is 0 Å². The Morgan fingerprint density at radius 1 is 1.18 bits per heavy atom. The lowest BCUT2D eigenvalue weighted by molar-refractivity contribution is 0.288. The maximum atomic E-state index is 8.92. The first-order valence-corrected chi connectivity index (χ1v) is 6.29. The van der Waals surface area contributed by atoms with Crippen LogP contribution in [0.5, 0.6) is 0 Å². The lowest BCUT2D eigenvalue weighted by atomic mass is 10.1. The van der Waals surface area contributed by atoms with Gasteiger partial charge in [0, 0.05) is 30.9 Å². The summed E-state index contributed by atoms with van der Waals surface area (Å²) in [6, 6.07) is 8.88. The molecule has 0 saturated heterocycles. The molecule has 1 rings (SSSR count). The molecule has 3 N–H and O–H groups in total. The lowest BCUT2D eigenvalue weighted by Crippen LogP contribution is -2.32. The lowest BCUT2D eigenvalue weighted by Gasteiger charge is -2.29. The number of hydrogen-bond acceptors (Lipinski definition) is 3. The maximum absolute atomic E-state index is 8.92. The molecule has 96 valence electrons. The maximum Gasteiger partial charge on any atom is 0.0447 e. The van der Waals surface area contributed by atoms with Crippen molar-refractivity contribution in [2.75, 3.05) is 18.1 Å². The molecule has 17 heavy (non-hydrogen) atoms. The Balaban J connectivity index is 2.80. The SMILES string of the molecule is CC(C)N(CCCO)c1ccc([C@H](C)N)cc1. The second-order valence-electron chi connectivity index (χ2n) is 4.74. The highest BCUT2D eigenvalue weighted by atomic mass is 16.3. The van der Waals surface area contributed by atoms with Crippen LogP contribution >= 0.6 is 0 Å². The van der Waals surface area contributed by atoms with Gasteiger partial charge < -0.3 is 15.7 Å². The third-order valence-electron chi connectivity index (χ3n) is 2.93. The predicted octanol–water partition coefficient (Wildman–Crippen LogP) is 2.30. The zero-order valence-corrected chi connectivity index (χ0v) is 11.1. The zero-order chi connectivity index (χ0) is 12.8. The van der Waals surface area contributed by atoms with Gasteiger partial charge in [0.1, 0.15) is 0 Å². The number of benzene rings is 1. The highest BCUT2D eigenvalue weighted by molar-refractivity contribution is 5.48. The minimum Gasteiger partial charge on any atom is -0.396 e. The summed E-state index contributed by atoms with van der Waals surface area (Å²) in [5.41, 5.74) is 8.18. The molecule has 0 amide bonds. The standard InChI is InChI=1S/C14H24N2O/c1-11(2)16(9-4-10-17)14-7-5-13(6-8-14)12(3)15/h5-8,11-12,17H,4,9-10,15H2,1-3H3/t12-/m0/s1. The van der Waals surface area contributed by atoms with Gasteiger partial charge in [0.15, 0.2) is 0 Å².